The Labute approximate surface area is 68.8 Å². The van der Waals surface area contributed by atoms with Crippen LogP contribution < -0.4 is 0 Å². The molecule has 60 valence electrons. The number of hydrogen-bond donors (Lipinski definition) is 3. The number of rotatable bonds is 1. The molecule has 0 fully saturated rings. The van der Waals surface area contributed by atoms with Crippen molar-refractivity contribution in [3.63, 3.8) is 0 Å². The minimum Gasteiger partial charge on any atom is -0.478 e. The first-order chi connectivity index (χ1) is 5.11. The van der Waals surface area contributed by atoms with Gasteiger partial charge >= 0.3 is 5.97 Å². The van der Waals surface area contributed by atoms with Crippen LogP contribution in [0.4, 0.5) is 0 Å². The fourth-order valence-corrected chi connectivity index (χ4v) is 0.918. The summed E-state index contributed by atoms with van der Waals surface area (Å²) in [6, 6.07) is 0. The van der Waals surface area contributed by atoms with E-state index in [9.17, 15) is 4.79 Å². The predicted octanol–water partition coefficient (Wildman–Crippen LogP) is 0.472. The van der Waals surface area contributed by atoms with Crippen molar-refractivity contribution in [1.82, 2.24) is 5.06 Å². The van der Waals surface area contributed by atoms with Crippen molar-refractivity contribution in [2.45, 2.75) is 5.37 Å². The molecule has 0 saturated carbocycles. The molecule has 5 heteroatoms. The van der Waals surface area contributed by atoms with Crippen LogP contribution in [0, 0.1) is 0 Å². The summed E-state index contributed by atoms with van der Waals surface area (Å²) in [6.07, 6.45) is 3.89. The SMILES string of the molecule is O=C(O)C1=CC(S)N(O)C=C1. The zero-order chi connectivity index (χ0) is 8.43. The number of aliphatic carboxylic acids is 1. The van der Waals surface area contributed by atoms with Gasteiger partial charge in [0.1, 0.15) is 5.37 Å². The molecular weight excluding hydrogens is 166 g/mol. The molecule has 0 amide bonds. The van der Waals surface area contributed by atoms with E-state index in [2.05, 4.69) is 12.6 Å². The monoisotopic (exact) mass is 173 g/mol. The number of thiol groups is 1. The van der Waals surface area contributed by atoms with Gasteiger partial charge in [0.05, 0.1) is 5.57 Å². The molecule has 2 N–H and O–H groups in total. The Morgan fingerprint density at radius 1 is 1.73 bits per heavy atom. The van der Waals surface area contributed by atoms with E-state index >= 15 is 0 Å². The van der Waals surface area contributed by atoms with E-state index in [1.807, 2.05) is 0 Å². The number of hydroxylamine groups is 2. The van der Waals surface area contributed by atoms with Crippen LogP contribution in [-0.2, 0) is 4.79 Å². The number of carboxylic acids is 1. The van der Waals surface area contributed by atoms with Crippen LogP contribution in [0.5, 0.6) is 0 Å². The number of carboxylic acid groups (broad SMARTS) is 1. The summed E-state index contributed by atoms with van der Waals surface area (Å²) in [5.41, 5.74) is 0.135. The van der Waals surface area contributed by atoms with E-state index in [1.165, 1.54) is 18.4 Å². The summed E-state index contributed by atoms with van der Waals surface area (Å²) < 4.78 is 0. The Bertz CT molecular complexity index is 236. The van der Waals surface area contributed by atoms with Crippen LogP contribution >= 0.6 is 12.6 Å². The highest BCUT2D eigenvalue weighted by molar-refractivity contribution is 7.81. The van der Waals surface area contributed by atoms with Gasteiger partial charge in [-0.15, -0.1) is 12.6 Å². The van der Waals surface area contributed by atoms with Crippen LogP contribution in [0.1, 0.15) is 0 Å². The minimum atomic E-state index is -1.02. The van der Waals surface area contributed by atoms with Crippen molar-refractivity contribution >= 4 is 18.6 Å². The van der Waals surface area contributed by atoms with Crippen molar-refractivity contribution < 1.29 is 15.1 Å². The summed E-state index contributed by atoms with van der Waals surface area (Å²) >= 11 is 3.90. The lowest BCUT2D eigenvalue weighted by Gasteiger charge is -2.20. The fourth-order valence-electron chi connectivity index (χ4n) is 0.680. The second kappa shape index (κ2) is 2.98. The van der Waals surface area contributed by atoms with Gasteiger partial charge in [-0.2, -0.15) is 0 Å². The summed E-state index contributed by atoms with van der Waals surface area (Å²) in [7, 11) is 0. The molecule has 4 nitrogen and oxygen atoms in total. The molecule has 1 aliphatic heterocycles. The lowest BCUT2D eigenvalue weighted by Crippen LogP contribution is -2.24. The topological polar surface area (TPSA) is 60.8 Å². The lowest BCUT2D eigenvalue weighted by atomic mass is 10.2. The summed E-state index contributed by atoms with van der Waals surface area (Å²) in [5, 5.41) is 17.6. The molecule has 0 aromatic rings. The van der Waals surface area contributed by atoms with Gasteiger partial charge in [-0.05, 0) is 12.2 Å². The normalized spacial score (nSPS) is 23.3. The third-order valence-electron chi connectivity index (χ3n) is 1.25. The number of hydrogen-bond acceptors (Lipinski definition) is 4. The van der Waals surface area contributed by atoms with Gasteiger partial charge < -0.3 is 5.11 Å². The summed E-state index contributed by atoms with van der Waals surface area (Å²) in [4.78, 5) is 10.4. The predicted molar refractivity (Wildman–Crippen MR) is 41.3 cm³/mol. The molecule has 0 spiro atoms. The highest BCUT2D eigenvalue weighted by Crippen LogP contribution is 2.13. The molecule has 1 heterocycles. The maximum Gasteiger partial charge on any atom is 0.335 e. The molecule has 1 rings (SSSR count). The molecule has 1 atom stereocenters. The van der Waals surface area contributed by atoms with Crippen LogP contribution in [0.3, 0.4) is 0 Å². The third-order valence-corrected chi connectivity index (χ3v) is 1.64. The first kappa shape index (κ1) is 8.16. The average Bonchev–Trinajstić information content (AvgIpc) is 1.94. The van der Waals surface area contributed by atoms with E-state index in [4.69, 9.17) is 10.3 Å². The van der Waals surface area contributed by atoms with Crippen molar-refractivity contribution in [1.29, 1.82) is 0 Å². The molecule has 0 aliphatic carbocycles. The molecule has 0 aromatic carbocycles. The smallest absolute Gasteiger partial charge is 0.335 e. The van der Waals surface area contributed by atoms with E-state index in [-0.39, 0.29) is 5.57 Å². The second-order valence-corrected chi connectivity index (χ2v) is 2.57. The molecule has 0 radical (unpaired) electrons. The zero-order valence-electron chi connectivity index (χ0n) is 5.51. The highest BCUT2D eigenvalue weighted by atomic mass is 32.1. The largest absolute Gasteiger partial charge is 0.478 e. The molecule has 1 unspecified atom stereocenters. The maximum absolute atomic E-state index is 10.4. The van der Waals surface area contributed by atoms with Crippen molar-refractivity contribution in [2.24, 2.45) is 0 Å². The number of nitrogens with zero attached hydrogens (tertiary/aromatic N) is 1. The van der Waals surface area contributed by atoms with E-state index < -0.39 is 11.3 Å². The summed E-state index contributed by atoms with van der Waals surface area (Å²) in [5.74, 6) is -1.02. The molecule has 0 aromatic heterocycles. The third kappa shape index (κ3) is 1.75. The van der Waals surface area contributed by atoms with Gasteiger partial charge in [-0.1, -0.05) is 0 Å². The Balaban J connectivity index is 2.80. The quantitative estimate of drug-likeness (QED) is 0.504. The molecule has 1 aliphatic rings. The van der Waals surface area contributed by atoms with Crippen molar-refractivity contribution in [3.05, 3.63) is 23.9 Å². The van der Waals surface area contributed by atoms with Gasteiger partial charge in [0, 0.05) is 6.20 Å². The first-order valence-electron chi connectivity index (χ1n) is 2.90. The molecule has 0 saturated heterocycles. The number of carbonyl (C=O) groups is 1. The van der Waals surface area contributed by atoms with Crippen LogP contribution in [0.2, 0.25) is 0 Å². The second-order valence-electron chi connectivity index (χ2n) is 2.04. The average molecular weight is 173 g/mol. The van der Waals surface area contributed by atoms with Crippen LogP contribution in [-0.4, -0.2) is 26.7 Å². The van der Waals surface area contributed by atoms with Crippen molar-refractivity contribution in [3.8, 4) is 0 Å². The molecule has 0 bridgehead atoms. The lowest BCUT2D eigenvalue weighted by molar-refractivity contribution is -0.132. The fraction of sp³-hybridized carbons (Fsp3) is 0.167. The van der Waals surface area contributed by atoms with E-state index in [0.717, 1.165) is 5.06 Å². The van der Waals surface area contributed by atoms with Gasteiger partial charge in [0.25, 0.3) is 0 Å². The van der Waals surface area contributed by atoms with Gasteiger partial charge in [-0.3, -0.25) is 5.21 Å². The minimum absolute atomic E-state index is 0.135. The Kier molecular flexibility index (Phi) is 2.21. The highest BCUT2D eigenvalue weighted by Gasteiger charge is 2.14. The molecular formula is C6H7NO3S. The van der Waals surface area contributed by atoms with Crippen LogP contribution in [0.25, 0.3) is 0 Å². The Morgan fingerprint density at radius 3 is 2.82 bits per heavy atom. The zero-order valence-corrected chi connectivity index (χ0v) is 6.40. The van der Waals surface area contributed by atoms with Gasteiger partial charge in [0.15, 0.2) is 0 Å². The van der Waals surface area contributed by atoms with E-state index in [1.54, 1.807) is 0 Å². The Hall–Kier alpha value is -0.940. The summed E-state index contributed by atoms with van der Waals surface area (Å²) in [6.45, 7) is 0. The van der Waals surface area contributed by atoms with Crippen LogP contribution in [0.15, 0.2) is 23.9 Å². The maximum atomic E-state index is 10.4. The standard InChI is InChI=1S/C6H7NO3S/c8-6(9)4-1-2-7(10)5(11)3-4/h1-3,5,10-11H,(H,8,9). The van der Waals surface area contributed by atoms with Gasteiger partial charge in [-0.25, -0.2) is 9.86 Å². The first-order valence-corrected chi connectivity index (χ1v) is 3.41. The van der Waals surface area contributed by atoms with E-state index in [0.29, 0.717) is 0 Å². The van der Waals surface area contributed by atoms with Crippen molar-refractivity contribution in [2.75, 3.05) is 0 Å². The Morgan fingerprint density at radius 2 is 2.36 bits per heavy atom. The molecule has 11 heavy (non-hydrogen) atoms. The van der Waals surface area contributed by atoms with Gasteiger partial charge in [0.2, 0.25) is 0 Å².